The summed E-state index contributed by atoms with van der Waals surface area (Å²) in [6.07, 6.45) is 0. The van der Waals surface area contributed by atoms with E-state index in [1.165, 1.54) is 16.2 Å². The summed E-state index contributed by atoms with van der Waals surface area (Å²) in [5.74, 6) is -0.209. The standard InChI is InChI=1S/C24H13FN2S3/c25-19-10-9-16(14-5-1-2-6-15(14)19)20-12-29-24(27-20)23-22(26-13-30-23)18-11-28-21-8-4-3-7-17(18)21/h1-13H. The summed E-state index contributed by atoms with van der Waals surface area (Å²) in [5.41, 5.74) is 5.81. The molecule has 0 aliphatic rings. The average molecular weight is 445 g/mol. The molecule has 0 atom stereocenters. The maximum atomic E-state index is 14.2. The van der Waals surface area contributed by atoms with Crippen LogP contribution < -0.4 is 0 Å². The summed E-state index contributed by atoms with van der Waals surface area (Å²) in [4.78, 5) is 10.7. The number of hydrogen-bond acceptors (Lipinski definition) is 5. The zero-order chi connectivity index (χ0) is 20.1. The first-order valence-corrected chi connectivity index (χ1v) is 12.0. The molecule has 144 valence electrons. The Morgan fingerprint density at radius 3 is 2.40 bits per heavy atom. The number of thiazole rings is 2. The molecule has 0 saturated carbocycles. The quantitative estimate of drug-likeness (QED) is 0.275. The lowest BCUT2D eigenvalue weighted by Crippen LogP contribution is -1.86. The van der Waals surface area contributed by atoms with Crippen LogP contribution in [0.4, 0.5) is 4.39 Å². The molecule has 0 aliphatic heterocycles. The van der Waals surface area contributed by atoms with E-state index in [0.29, 0.717) is 5.39 Å². The third-order valence-corrected chi connectivity index (χ3v) is 7.93. The van der Waals surface area contributed by atoms with Gasteiger partial charge in [-0.1, -0.05) is 42.5 Å². The van der Waals surface area contributed by atoms with Crippen molar-refractivity contribution in [3.05, 3.63) is 82.8 Å². The van der Waals surface area contributed by atoms with Gasteiger partial charge in [0, 0.05) is 37.4 Å². The van der Waals surface area contributed by atoms with Gasteiger partial charge in [-0.2, -0.15) is 0 Å². The van der Waals surface area contributed by atoms with Crippen molar-refractivity contribution in [2.45, 2.75) is 0 Å². The second-order valence-electron chi connectivity index (χ2n) is 6.85. The van der Waals surface area contributed by atoms with E-state index >= 15 is 0 Å². The van der Waals surface area contributed by atoms with Crippen LogP contribution in [-0.2, 0) is 0 Å². The van der Waals surface area contributed by atoms with Gasteiger partial charge in [-0.15, -0.1) is 34.0 Å². The van der Waals surface area contributed by atoms with Gasteiger partial charge >= 0.3 is 0 Å². The van der Waals surface area contributed by atoms with E-state index in [9.17, 15) is 4.39 Å². The first-order valence-electron chi connectivity index (χ1n) is 9.33. The van der Waals surface area contributed by atoms with Crippen molar-refractivity contribution in [1.29, 1.82) is 0 Å². The zero-order valence-corrected chi connectivity index (χ0v) is 18.0. The van der Waals surface area contributed by atoms with E-state index in [4.69, 9.17) is 4.98 Å². The first kappa shape index (κ1) is 17.9. The Hall–Kier alpha value is -2.93. The monoisotopic (exact) mass is 444 g/mol. The Morgan fingerprint density at radius 2 is 1.50 bits per heavy atom. The van der Waals surface area contributed by atoms with Crippen LogP contribution >= 0.6 is 34.0 Å². The van der Waals surface area contributed by atoms with Gasteiger partial charge in [-0.05, 0) is 23.6 Å². The van der Waals surface area contributed by atoms with Gasteiger partial charge in [0.05, 0.1) is 21.8 Å². The Kier molecular flexibility index (Phi) is 4.23. The van der Waals surface area contributed by atoms with E-state index in [1.807, 2.05) is 41.2 Å². The molecular weight excluding hydrogens is 431 g/mol. The number of nitrogens with zero attached hydrogens (tertiary/aromatic N) is 2. The van der Waals surface area contributed by atoms with Crippen molar-refractivity contribution in [1.82, 2.24) is 9.97 Å². The van der Waals surface area contributed by atoms with Crippen LogP contribution in [0.15, 0.2) is 76.9 Å². The summed E-state index contributed by atoms with van der Waals surface area (Å²) in [7, 11) is 0. The highest BCUT2D eigenvalue weighted by Gasteiger charge is 2.18. The molecule has 0 amide bonds. The smallest absolute Gasteiger partial charge is 0.136 e. The molecule has 6 rings (SSSR count). The lowest BCUT2D eigenvalue weighted by atomic mass is 10.0. The normalized spacial score (nSPS) is 11.5. The predicted octanol–water partition coefficient (Wildman–Crippen LogP) is 8.11. The van der Waals surface area contributed by atoms with Crippen molar-refractivity contribution in [3.63, 3.8) is 0 Å². The molecule has 0 unspecified atom stereocenters. The highest BCUT2D eigenvalue weighted by Crippen LogP contribution is 2.42. The van der Waals surface area contributed by atoms with E-state index in [1.54, 1.807) is 34.0 Å². The molecule has 0 aliphatic carbocycles. The average Bonchev–Trinajstić information content (AvgIpc) is 3.52. The van der Waals surface area contributed by atoms with Crippen molar-refractivity contribution < 1.29 is 4.39 Å². The Morgan fingerprint density at radius 1 is 0.700 bits per heavy atom. The number of thiophene rings is 1. The van der Waals surface area contributed by atoms with Gasteiger partial charge in [0.1, 0.15) is 10.8 Å². The van der Waals surface area contributed by atoms with Gasteiger partial charge in [-0.3, -0.25) is 0 Å². The van der Waals surface area contributed by atoms with Crippen LogP contribution in [0.3, 0.4) is 0 Å². The number of rotatable bonds is 3. The molecule has 6 aromatic rings. The number of benzene rings is 3. The number of halogens is 1. The molecule has 0 saturated heterocycles. The maximum absolute atomic E-state index is 14.2. The highest BCUT2D eigenvalue weighted by atomic mass is 32.1. The fourth-order valence-corrected chi connectivity index (χ4v) is 6.41. The second kappa shape index (κ2) is 7.09. The maximum Gasteiger partial charge on any atom is 0.136 e. The molecule has 2 nitrogen and oxygen atoms in total. The van der Waals surface area contributed by atoms with E-state index < -0.39 is 0 Å². The third-order valence-electron chi connectivity index (χ3n) is 5.15. The summed E-state index contributed by atoms with van der Waals surface area (Å²) >= 11 is 4.94. The molecule has 0 bridgehead atoms. The van der Waals surface area contributed by atoms with E-state index in [-0.39, 0.29) is 5.82 Å². The zero-order valence-electron chi connectivity index (χ0n) is 15.5. The van der Waals surface area contributed by atoms with Crippen LogP contribution in [0.5, 0.6) is 0 Å². The van der Waals surface area contributed by atoms with Crippen molar-refractivity contribution >= 4 is 54.9 Å². The topological polar surface area (TPSA) is 25.8 Å². The van der Waals surface area contributed by atoms with Crippen LogP contribution in [0, 0.1) is 5.82 Å². The minimum Gasteiger partial charge on any atom is -0.244 e. The molecule has 0 radical (unpaired) electrons. The van der Waals surface area contributed by atoms with Gasteiger partial charge in [0.25, 0.3) is 0 Å². The lowest BCUT2D eigenvalue weighted by molar-refractivity contribution is 0.640. The van der Waals surface area contributed by atoms with E-state index in [0.717, 1.165) is 37.8 Å². The second-order valence-corrected chi connectivity index (χ2v) is 9.48. The molecule has 0 fully saturated rings. The fourth-order valence-electron chi connectivity index (χ4n) is 3.74. The first-order chi connectivity index (χ1) is 14.8. The summed E-state index contributed by atoms with van der Waals surface area (Å²) in [5, 5.41) is 7.87. The number of hydrogen-bond donors (Lipinski definition) is 0. The predicted molar refractivity (Wildman–Crippen MR) is 127 cm³/mol. The number of fused-ring (bicyclic) bond motifs is 2. The molecule has 0 spiro atoms. The molecule has 3 aromatic carbocycles. The summed E-state index contributed by atoms with van der Waals surface area (Å²) in [6, 6.07) is 19.3. The molecule has 30 heavy (non-hydrogen) atoms. The van der Waals surface area contributed by atoms with Gasteiger partial charge in [0.2, 0.25) is 0 Å². The van der Waals surface area contributed by atoms with Crippen LogP contribution in [-0.4, -0.2) is 9.97 Å². The molecule has 6 heteroatoms. The summed E-state index contributed by atoms with van der Waals surface area (Å²) < 4.78 is 15.5. The van der Waals surface area contributed by atoms with E-state index in [2.05, 4.69) is 34.6 Å². The van der Waals surface area contributed by atoms with Crippen molar-refractivity contribution in [2.75, 3.05) is 0 Å². The Labute approximate surface area is 183 Å². The minimum absolute atomic E-state index is 0.209. The van der Waals surface area contributed by atoms with Crippen LogP contribution in [0.2, 0.25) is 0 Å². The Balaban J connectivity index is 1.48. The number of aromatic nitrogens is 2. The van der Waals surface area contributed by atoms with Crippen molar-refractivity contribution in [2.24, 2.45) is 0 Å². The highest BCUT2D eigenvalue weighted by molar-refractivity contribution is 7.20. The van der Waals surface area contributed by atoms with Crippen LogP contribution in [0.1, 0.15) is 0 Å². The fraction of sp³-hybridized carbons (Fsp3) is 0. The molecular formula is C24H13FN2S3. The minimum atomic E-state index is -0.209. The van der Waals surface area contributed by atoms with Gasteiger partial charge in [-0.25, -0.2) is 14.4 Å². The molecule has 0 N–H and O–H groups in total. The molecule has 3 heterocycles. The largest absolute Gasteiger partial charge is 0.244 e. The third kappa shape index (κ3) is 2.80. The Bertz CT molecular complexity index is 1530. The SMILES string of the molecule is Fc1ccc(-c2csc(-c3scnc3-c3csc4ccccc34)n2)c2ccccc12. The van der Waals surface area contributed by atoms with Crippen LogP contribution in [0.25, 0.3) is 53.3 Å². The lowest BCUT2D eigenvalue weighted by Gasteiger charge is -2.05. The molecule has 3 aromatic heterocycles. The van der Waals surface area contributed by atoms with Gasteiger partial charge in [0.15, 0.2) is 0 Å². The van der Waals surface area contributed by atoms with Crippen molar-refractivity contribution in [3.8, 4) is 32.4 Å². The van der Waals surface area contributed by atoms with Gasteiger partial charge < -0.3 is 0 Å². The summed E-state index contributed by atoms with van der Waals surface area (Å²) in [6.45, 7) is 0.